The Morgan fingerprint density at radius 3 is 0.981 bits per heavy atom. The number of hydrogen-bond acceptors (Lipinski definition) is 11. The lowest BCUT2D eigenvalue weighted by molar-refractivity contribution is -0.218. The highest BCUT2D eigenvalue weighted by Crippen LogP contribution is 2.37. The van der Waals surface area contributed by atoms with Crippen LogP contribution in [0.3, 0.4) is 0 Å². The van der Waals surface area contributed by atoms with Gasteiger partial charge in [-0.2, -0.15) is 0 Å². The fourth-order valence-electron chi connectivity index (χ4n) is 7.21. The molecule has 2 fully saturated rings. The van der Waals surface area contributed by atoms with E-state index in [4.69, 9.17) is 18.9 Å². The Bertz CT molecular complexity index is 787. The van der Waals surface area contributed by atoms with Gasteiger partial charge in [0.05, 0.1) is 13.2 Å². The standard InChI is InChI=1S/C42H82O10S/c1-31(2)25-21-17-13-9-5-7-11-15-19-23-27-49-29-33-35(43)37(45)39(47)41(51-33)53-42-40(48)38(46)36(44)34(52-42)30-50-28-24-20-16-12-8-6-10-14-18-22-26-32(3)4/h31-48H,5-30H2,1-4H3/t33-,34-,35-,36-,37+,38+,39-,40-,41-,42-/m1/s1. The summed E-state index contributed by atoms with van der Waals surface area (Å²) in [4.78, 5) is 0. The smallest absolute Gasteiger partial charge is 0.134 e. The molecule has 0 aromatic heterocycles. The molecule has 10 atom stereocenters. The maximum atomic E-state index is 10.7. The van der Waals surface area contributed by atoms with Crippen molar-refractivity contribution in [3.63, 3.8) is 0 Å². The first kappa shape index (κ1) is 49.1. The van der Waals surface area contributed by atoms with Crippen LogP contribution >= 0.6 is 11.8 Å². The number of aliphatic hydroxyl groups excluding tert-OH is 6. The molecular formula is C42H82O10S. The van der Waals surface area contributed by atoms with Crippen LogP contribution in [0.15, 0.2) is 0 Å². The van der Waals surface area contributed by atoms with Gasteiger partial charge in [0.1, 0.15) is 59.7 Å². The van der Waals surface area contributed by atoms with Gasteiger partial charge in [-0.3, -0.25) is 0 Å². The quantitative estimate of drug-likeness (QED) is 0.0382. The van der Waals surface area contributed by atoms with Crippen LogP contribution < -0.4 is 0 Å². The number of unbranched alkanes of at least 4 members (excludes halogenated alkanes) is 18. The lowest BCUT2D eigenvalue weighted by Crippen LogP contribution is -2.61. The molecule has 0 amide bonds. The van der Waals surface area contributed by atoms with Crippen LogP contribution in [0.4, 0.5) is 0 Å². The highest BCUT2D eigenvalue weighted by Gasteiger charge is 2.49. The highest BCUT2D eigenvalue weighted by atomic mass is 32.2. The minimum Gasteiger partial charge on any atom is -0.387 e. The molecule has 0 aromatic carbocycles. The van der Waals surface area contributed by atoms with Crippen molar-refractivity contribution >= 4 is 11.8 Å². The van der Waals surface area contributed by atoms with E-state index in [2.05, 4.69) is 27.7 Å². The van der Waals surface area contributed by atoms with Gasteiger partial charge in [0.25, 0.3) is 0 Å². The largest absolute Gasteiger partial charge is 0.387 e. The third kappa shape index (κ3) is 21.3. The predicted octanol–water partition coefficient (Wildman–Crippen LogP) is 7.26. The summed E-state index contributed by atoms with van der Waals surface area (Å²) in [5, 5.41) is 63.8. The summed E-state index contributed by atoms with van der Waals surface area (Å²) >= 11 is 0.905. The van der Waals surface area contributed by atoms with Crippen molar-refractivity contribution in [2.45, 2.75) is 229 Å². The number of thioether (sulfide) groups is 1. The van der Waals surface area contributed by atoms with Crippen molar-refractivity contribution in [2.75, 3.05) is 26.4 Å². The molecule has 0 aliphatic carbocycles. The maximum absolute atomic E-state index is 10.7. The number of aliphatic hydroxyl groups is 6. The van der Waals surface area contributed by atoms with Gasteiger partial charge < -0.3 is 49.6 Å². The average molecular weight is 779 g/mol. The molecule has 2 aliphatic rings. The van der Waals surface area contributed by atoms with Crippen LogP contribution in [0.1, 0.15) is 169 Å². The summed E-state index contributed by atoms with van der Waals surface area (Å²) < 4.78 is 23.5. The first-order valence-electron chi connectivity index (χ1n) is 21.7. The van der Waals surface area contributed by atoms with Crippen molar-refractivity contribution in [3.8, 4) is 0 Å². The minimum atomic E-state index is -1.49. The molecule has 6 N–H and O–H groups in total. The van der Waals surface area contributed by atoms with Crippen molar-refractivity contribution in [1.29, 1.82) is 0 Å². The summed E-state index contributed by atoms with van der Waals surface area (Å²) in [5.74, 6) is 1.61. The van der Waals surface area contributed by atoms with E-state index in [-0.39, 0.29) is 13.2 Å². The second-order valence-corrected chi connectivity index (χ2v) is 18.0. The molecule has 2 saturated heterocycles. The molecule has 0 aromatic rings. The lowest BCUT2D eigenvalue weighted by Gasteiger charge is -2.44. The highest BCUT2D eigenvalue weighted by molar-refractivity contribution is 8.00. The fraction of sp³-hybridized carbons (Fsp3) is 1.00. The Hall–Kier alpha value is -0.0500. The van der Waals surface area contributed by atoms with Crippen LogP contribution in [0, 0.1) is 11.8 Å². The Morgan fingerprint density at radius 2 is 0.679 bits per heavy atom. The molecule has 53 heavy (non-hydrogen) atoms. The van der Waals surface area contributed by atoms with Crippen molar-refractivity contribution in [1.82, 2.24) is 0 Å². The Labute approximate surface area is 327 Å². The molecule has 316 valence electrons. The topological polar surface area (TPSA) is 158 Å². The van der Waals surface area contributed by atoms with Crippen molar-refractivity contribution in [3.05, 3.63) is 0 Å². The van der Waals surface area contributed by atoms with E-state index in [9.17, 15) is 30.6 Å². The molecule has 0 spiro atoms. The number of ether oxygens (including phenoxy) is 4. The van der Waals surface area contributed by atoms with Crippen LogP contribution in [-0.2, 0) is 18.9 Å². The first-order chi connectivity index (χ1) is 25.5. The lowest BCUT2D eigenvalue weighted by atomic mass is 10.00. The SMILES string of the molecule is CC(C)CCCCCCCCCCCCOC[C@H]1O[C@H](S[C@H]2O[C@H](COCCCCCCCCCCCCC(C)C)[C@@H](O)[C@H](O)[C@H]2O)[C@H](O)[C@@H](O)[C@@H]1O. The van der Waals surface area contributed by atoms with Crippen molar-refractivity contribution < 1.29 is 49.6 Å². The molecule has 2 heterocycles. The Balaban J connectivity index is 1.61. The zero-order chi connectivity index (χ0) is 38.8. The van der Waals surface area contributed by atoms with Crippen LogP contribution in [0.25, 0.3) is 0 Å². The molecular weight excluding hydrogens is 697 g/mol. The van der Waals surface area contributed by atoms with E-state index >= 15 is 0 Å². The minimum absolute atomic E-state index is 0.0449. The third-order valence-corrected chi connectivity index (χ3v) is 12.1. The van der Waals surface area contributed by atoms with E-state index in [1.54, 1.807) is 0 Å². The monoisotopic (exact) mass is 779 g/mol. The Kier molecular flexibility index (Phi) is 27.9. The van der Waals surface area contributed by atoms with Gasteiger partial charge in [-0.05, 0) is 24.7 Å². The van der Waals surface area contributed by atoms with Gasteiger partial charge in [0.15, 0.2) is 0 Å². The summed E-state index contributed by atoms with van der Waals surface area (Å²) in [6.07, 6.45) is 16.9. The van der Waals surface area contributed by atoms with Gasteiger partial charge in [-0.15, -0.1) is 0 Å². The average Bonchev–Trinajstić information content (AvgIpc) is 3.12. The van der Waals surface area contributed by atoms with Gasteiger partial charge in [-0.25, -0.2) is 0 Å². The number of hydrogen-bond donors (Lipinski definition) is 6. The molecule has 0 saturated carbocycles. The Morgan fingerprint density at radius 1 is 0.396 bits per heavy atom. The summed E-state index contributed by atoms with van der Waals surface area (Å²) in [6.45, 7) is 10.3. The van der Waals surface area contributed by atoms with Gasteiger partial charge in [0.2, 0.25) is 0 Å². The second-order valence-electron chi connectivity index (χ2n) is 16.8. The molecule has 0 radical (unpaired) electrons. The van der Waals surface area contributed by atoms with Crippen LogP contribution in [-0.4, -0.2) is 117 Å². The normalized spacial score (nSPS) is 29.4. The predicted molar refractivity (Wildman–Crippen MR) is 214 cm³/mol. The van der Waals surface area contributed by atoms with Gasteiger partial charge >= 0.3 is 0 Å². The summed E-state index contributed by atoms with van der Waals surface area (Å²) in [6, 6.07) is 0. The molecule has 11 heteroatoms. The molecule has 2 rings (SSSR count). The zero-order valence-electron chi connectivity index (χ0n) is 34.0. The number of rotatable bonds is 32. The van der Waals surface area contributed by atoms with E-state index in [0.717, 1.165) is 62.1 Å². The van der Waals surface area contributed by atoms with E-state index < -0.39 is 59.7 Å². The van der Waals surface area contributed by atoms with Gasteiger partial charge in [0, 0.05) is 13.2 Å². The molecule has 0 bridgehead atoms. The summed E-state index contributed by atoms with van der Waals surface area (Å²) in [5.41, 5.74) is -2.13. The first-order valence-corrected chi connectivity index (χ1v) is 22.7. The van der Waals surface area contributed by atoms with Crippen LogP contribution in [0.2, 0.25) is 0 Å². The summed E-state index contributed by atoms with van der Waals surface area (Å²) in [7, 11) is 0. The van der Waals surface area contributed by atoms with E-state index in [1.165, 1.54) is 103 Å². The maximum Gasteiger partial charge on any atom is 0.134 e. The fourth-order valence-corrected chi connectivity index (χ4v) is 8.53. The molecule has 2 aliphatic heterocycles. The second kappa shape index (κ2) is 30.1. The zero-order valence-corrected chi connectivity index (χ0v) is 34.9. The van der Waals surface area contributed by atoms with E-state index in [1.807, 2.05) is 0 Å². The third-order valence-electron chi connectivity index (χ3n) is 10.8. The van der Waals surface area contributed by atoms with Crippen molar-refractivity contribution in [2.24, 2.45) is 11.8 Å². The molecule has 10 nitrogen and oxygen atoms in total. The van der Waals surface area contributed by atoms with Crippen LogP contribution in [0.5, 0.6) is 0 Å². The molecule has 0 unspecified atom stereocenters. The van der Waals surface area contributed by atoms with E-state index in [0.29, 0.717) is 13.2 Å². The van der Waals surface area contributed by atoms with Gasteiger partial charge in [-0.1, -0.05) is 168 Å².